The predicted octanol–water partition coefficient (Wildman–Crippen LogP) is 0.585. The van der Waals surface area contributed by atoms with Crippen LogP contribution in [0.5, 0.6) is 0 Å². The molecule has 0 bridgehead atoms. The van der Waals surface area contributed by atoms with Gasteiger partial charge in [-0.3, -0.25) is 9.59 Å². The Bertz CT molecular complexity index is 460. The number of carboxylic acids is 1. The second-order valence-corrected chi connectivity index (χ2v) is 3.96. The van der Waals surface area contributed by atoms with E-state index in [1.807, 2.05) is 0 Å². The molecule has 2 N–H and O–H groups in total. The highest BCUT2D eigenvalue weighted by Crippen LogP contribution is 2.42. The van der Waals surface area contributed by atoms with E-state index >= 15 is 0 Å². The molecule has 0 atom stereocenters. The molecule has 5 nitrogen and oxygen atoms in total. The standard InChI is InChI=1S/C10H12N2O3/c1-6-11-7(5-8(13)12-6)10(9(14)15)3-2-4-10/h5H,2-4H2,1H3,(H,14,15)(H,11,12,13). The van der Waals surface area contributed by atoms with Gasteiger partial charge in [0, 0.05) is 6.07 Å². The number of carbonyl (C=O) groups is 1. The zero-order chi connectivity index (χ0) is 11.1. The van der Waals surface area contributed by atoms with Crippen LogP contribution in [0.4, 0.5) is 0 Å². The Morgan fingerprint density at radius 1 is 1.60 bits per heavy atom. The Hall–Kier alpha value is -1.65. The number of aryl methyl sites for hydroxylation is 1. The molecule has 0 saturated heterocycles. The van der Waals surface area contributed by atoms with Crippen molar-refractivity contribution in [2.45, 2.75) is 31.6 Å². The van der Waals surface area contributed by atoms with E-state index in [1.54, 1.807) is 6.92 Å². The Kier molecular flexibility index (Phi) is 2.10. The normalized spacial score (nSPS) is 18.2. The van der Waals surface area contributed by atoms with Crippen molar-refractivity contribution in [2.75, 3.05) is 0 Å². The fourth-order valence-corrected chi connectivity index (χ4v) is 1.93. The highest BCUT2D eigenvalue weighted by molar-refractivity contribution is 5.81. The minimum atomic E-state index is -0.918. The molecule has 5 heteroatoms. The molecule has 1 aromatic heterocycles. The fourth-order valence-electron chi connectivity index (χ4n) is 1.93. The molecule has 1 aliphatic rings. The summed E-state index contributed by atoms with van der Waals surface area (Å²) >= 11 is 0. The quantitative estimate of drug-likeness (QED) is 0.744. The molecule has 0 radical (unpaired) electrons. The van der Waals surface area contributed by atoms with Gasteiger partial charge in [-0.15, -0.1) is 0 Å². The molecule has 1 fully saturated rings. The summed E-state index contributed by atoms with van der Waals surface area (Å²) in [4.78, 5) is 29.0. The minimum absolute atomic E-state index is 0.287. The lowest BCUT2D eigenvalue weighted by Gasteiger charge is -2.36. The molecule has 2 rings (SSSR count). The average molecular weight is 208 g/mol. The Labute approximate surface area is 86.2 Å². The minimum Gasteiger partial charge on any atom is -0.481 e. The molecule has 1 heterocycles. The summed E-state index contributed by atoms with van der Waals surface area (Å²) in [7, 11) is 0. The van der Waals surface area contributed by atoms with E-state index in [4.69, 9.17) is 5.11 Å². The monoisotopic (exact) mass is 208 g/mol. The molecule has 0 amide bonds. The first-order chi connectivity index (χ1) is 7.04. The van der Waals surface area contributed by atoms with Crippen molar-refractivity contribution >= 4 is 5.97 Å². The van der Waals surface area contributed by atoms with E-state index in [1.165, 1.54) is 6.07 Å². The van der Waals surface area contributed by atoms with Gasteiger partial charge >= 0.3 is 5.97 Å². The number of aromatic nitrogens is 2. The molecule has 80 valence electrons. The third-order valence-corrected chi connectivity index (χ3v) is 2.97. The van der Waals surface area contributed by atoms with E-state index in [2.05, 4.69) is 9.97 Å². The van der Waals surface area contributed by atoms with Crippen molar-refractivity contribution in [1.29, 1.82) is 0 Å². The van der Waals surface area contributed by atoms with Gasteiger partial charge in [0.2, 0.25) is 0 Å². The number of aliphatic carboxylic acids is 1. The molecule has 1 aliphatic carbocycles. The largest absolute Gasteiger partial charge is 0.481 e. The molecule has 1 saturated carbocycles. The van der Waals surface area contributed by atoms with E-state index in [0.717, 1.165) is 6.42 Å². The van der Waals surface area contributed by atoms with Crippen LogP contribution in [0.15, 0.2) is 10.9 Å². The van der Waals surface area contributed by atoms with Crippen LogP contribution in [-0.4, -0.2) is 21.0 Å². The van der Waals surface area contributed by atoms with Crippen LogP contribution in [-0.2, 0) is 10.2 Å². The van der Waals surface area contributed by atoms with Gasteiger partial charge < -0.3 is 10.1 Å². The van der Waals surface area contributed by atoms with Crippen molar-refractivity contribution in [3.05, 3.63) is 27.9 Å². The van der Waals surface area contributed by atoms with Crippen molar-refractivity contribution in [3.63, 3.8) is 0 Å². The molecule has 1 aromatic rings. The zero-order valence-corrected chi connectivity index (χ0v) is 8.41. The van der Waals surface area contributed by atoms with Crippen LogP contribution in [0.25, 0.3) is 0 Å². The van der Waals surface area contributed by atoms with Gasteiger partial charge in [-0.2, -0.15) is 0 Å². The maximum atomic E-state index is 11.2. The van der Waals surface area contributed by atoms with E-state index in [0.29, 0.717) is 24.4 Å². The number of hydrogen-bond donors (Lipinski definition) is 2. The van der Waals surface area contributed by atoms with Crippen molar-refractivity contribution in [3.8, 4) is 0 Å². The fraction of sp³-hybridized carbons (Fsp3) is 0.500. The van der Waals surface area contributed by atoms with Crippen molar-refractivity contribution < 1.29 is 9.90 Å². The van der Waals surface area contributed by atoms with E-state index in [9.17, 15) is 9.59 Å². The summed E-state index contributed by atoms with van der Waals surface area (Å²) in [6.07, 6.45) is 2.01. The second-order valence-electron chi connectivity index (χ2n) is 3.96. The summed E-state index contributed by atoms with van der Waals surface area (Å²) in [6.45, 7) is 1.65. The molecule has 0 aromatic carbocycles. The molecule has 15 heavy (non-hydrogen) atoms. The maximum Gasteiger partial charge on any atom is 0.315 e. The molecule has 0 aliphatic heterocycles. The van der Waals surface area contributed by atoms with Crippen LogP contribution in [0.3, 0.4) is 0 Å². The number of carboxylic acid groups (broad SMARTS) is 1. The Balaban J connectivity index is 2.52. The third-order valence-electron chi connectivity index (χ3n) is 2.97. The van der Waals surface area contributed by atoms with Gasteiger partial charge in [0.1, 0.15) is 11.2 Å². The molecular formula is C10H12N2O3. The summed E-state index contributed by atoms with van der Waals surface area (Å²) in [5.74, 6) is -0.420. The van der Waals surface area contributed by atoms with Gasteiger partial charge in [-0.05, 0) is 19.8 Å². The van der Waals surface area contributed by atoms with Gasteiger partial charge in [0.05, 0.1) is 5.69 Å². The number of nitrogens with zero attached hydrogens (tertiary/aromatic N) is 1. The lowest BCUT2D eigenvalue weighted by Crippen LogP contribution is -2.44. The topological polar surface area (TPSA) is 83.0 Å². The van der Waals surface area contributed by atoms with Gasteiger partial charge in [-0.1, -0.05) is 6.42 Å². The van der Waals surface area contributed by atoms with Crippen LogP contribution in [0.1, 0.15) is 30.8 Å². The first kappa shape index (κ1) is 9.89. The molecular weight excluding hydrogens is 196 g/mol. The van der Waals surface area contributed by atoms with Gasteiger partial charge in [0.15, 0.2) is 0 Å². The summed E-state index contributed by atoms with van der Waals surface area (Å²) < 4.78 is 0. The zero-order valence-electron chi connectivity index (χ0n) is 8.41. The number of aromatic amines is 1. The van der Waals surface area contributed by atoms with Crippen molar-refractivity contribution in [1.82, 2.24) is 9.97 Å². The maximum absolute atomic E-state index is 11.2. The summed E-state index contributed by atoms with van der Waals surface area (Å²) in [5.41, 5.74) is -0.813. The SMILES string of the molecule is Cc1nc(C2(C(=O)O)CCC2)cc(=O)[nH]1. The van der Waals surface area contributed by atoms with E-state index in [-0.39, 0.29) is 5.56 Å². The lowest BCUT2D eigenvalue weighted by atomic mass is 9.66. The predicted molar refractivity (Wildman–Crippen MR) is 52.8 cm³/mol. The Morgan fingerprint density at radius 2 is 2.27 bits per heavy atom. The summed E-state index contributed by atoms with van der Waals surface area (Å²) in [5, 5.41) is 9.17. The second kappa shape index (κ2) is 3.18. The van der Waals surface area contributed by atoms with Crippen LogP contribution in [0.2, 0.25) is 0 Å². The third kappa shape index (κ3) is 1.44. The number of H-pyrrole nitrogens is 1. The molecule has 0 spiro atoms. The highest BCUT2D eigenvalue weighted by Gasteiger charge is 2.47. The number of rotatable bonds is 2. The summed E-state index contributed by atoms with van der Waals surface area (Å²) in [6, 6.07) is 1.29. The Morgan fingerprint density at radius 3 is 2.67 bits per heavy atom. The van der Waals surface area contributed by atoms with E-state index < -0.39 is 11.4 Å². The van der Waals surface area contributed by atoms with Crippen LogP contribution < -0.4 is 5.56 Å². The molecule has 0 unspecified atom stereocenters. The number of hydrogen-bond acceptors (Lipinski definition) is 3. The smallest absolute Gasteiger partial charge is 0.315 e. The van der Waals surface area contributed by atoms with Crippen LogP contribution in [0, 0.1) is 6.92 Å². The van der Waals surface area contributed by atoms with Crippen LogP contribution >= 0.6 is 0 Å². The lowest BCUT2D eigenvalue weighted by molar-refractivity contribution is -0.147. The highest BCUT2D eigenvalue weighted by atomic mass is 16.4. The van der Waals surface area contributed by atoms with Crippen molar-refractivity contribution in [2.24, 2.45) is 0 Å². The average Bonchev–Trinajstić information content (AvgIpc) is 1.97. The van der Waals surface area contributed by atoms with Gasteiger partial charge in [-0.25, -0.2) is 4.98 Å². The first-order valence-corrected chi connectivity index (χ1v) is 4.86. The van der Waals surface area contributed by atoms with Gasteiger partial charge in [0.25, 0.3) is 5.56 Å². The first-order valence-electron chi connectivity index (χ1n) is 4.86. The number of nitrogens with one attached hydrogen (secondary N) is 1.